The van der Waals surface area contributed by atoms with E-state index >= 15 is 0 Å². The fourth-order valence-corrected chi connectivity index (χ4v) is 1.53. The standard InChI is InChI=1S/C8H6Br3/c9-8(10,11)6-7-4-2-1-3-5-7/h1-6H. The summed E-state index contributed by atoms with van der Waals surface area (Å²) in [7, 11) is 0. The third kappa shape index (κ3) is 4.28. The summed E-state index contributed by atoms with van der Waals surface area (Å²) in [6, 6.07) is 10.1. The van der Waals surface area contributed by atoms with Crippen LogP contribution < -0.4 is 0 Å². The largest absolute Gasteiger partial charge is 0.142 e. The van der Waals surface area contributed by atoms with Gasteiger partial charge in [-0.3, -0.25) is 0 Å². The lowest BCUT2D eigenvalue weighted by Gasteiger charge is -2.10. The molecule has 0 N–H and O–H groups in total. The number of benzene rings is 1. The Bertz CT molecular complexity index is 213. The van der Waals surface area contributed by atoms with Gasteiger partial charge < -0.3 is 0 Å². The highest BCUT2D eigenvalue weighted by Gasteiger charge is 2.17. The zero-order valence-corrected chi connectivity index (χ0v) is 10.4. The first kappa shape index (κ1) is 9.75. The Morgan fingerprint density at radius 1 is 1.00 bits per heavy atom. The van der Waals surface area contributed by atoms with Crippen LogP contribution in [0.3, 0.4) is 0 Å². The topological polar surface area (TPSA) is 0 Å². The molecule has 0 nitrogen and oxygen atoms in total. The SMILES string of the molecule is BrC(Br)(Br)[CH]c1ccccc1. The molecule has 0 aliphatic heterocycles. The van der Waals surface area contributed by atoms with Gasteiger partial charge in [-0.25, -0.2) is 0 Å². The minimum absolute atomic E-state index is 0.283. The smallest absolute Gasteiger partial charge is 0.0622 e. The molecule has 0 aromatic heterocycles. The van der Waals surface area contributed by atoms with Crippen LogP contribution in [0.2, 0.25) is 0 Å². The Kier molecular flexibility index (Phi) is 3.59. The Morgan fingerprint density at radius 3 is 2.00 bits per heavy atom. The fraction of sp³-hybridized carbons (Fsp3) is 0.125. The second kappa shape index (κ2) is 4.06. The van der Waals surface area contributed by atoms with E-state index in [9.17, 15) is 0 Å². The van der Waals surface area contributed by atoms with Crippen molar-refractivity contribution in [2.24, 2.45) is 0 Å². The highest BCUT2D eigenvalue weighted by molar-refractivity contribution is 9.39. The number of alkyl halides is 3. The Balaban J connectivity index is 2.66. The van der Waals surface area contributed by atoms with Crippen molar-refractivity contribution >= 4 is 47.8 Å². The lowest BCUT2D eigenvalue weighted by molar-refractivity contribution is 1.38. The first-order valence-electron chi connectivity index (χ1n) is 3.05. The van der Waals surface area contributed by atoms with Crippen LogP contribution in [0.5, 0.6) is 0 Å². The summed E-state index contributed by atoms with van der Waals surface area (Å²) in [5.41, 5.74) is 1.16. The van der Waals surface area contributed by atoms with Gasteiger partial charge in [0.15, 0.2) is 0 Å². The van der Waals surface area contributed by atoms with Gasteiger partial charge >= 0.3 is 0 Å². The van der Waals surface area contributed by atoms with Gasteiger partial charge in [0, 0.05) is 6.42 Å². The predicted molar refractivity (Wildman–Crippen MR) is 59.4 cm³/mol. The molecular formula is C8H6Br3. The molecule has 0 aliphatic carbocycles. The summed E-state index contributed by atoms with van der Waals surface area (Å²) < 4.78 is -0.283. The highest BCUT2D eigenvalue weighted by atomic mass is 80.0. The van der Waals surface area contributed by atoms with E-state index in [-0.39, 0.29) is 2.14 Å². The fourth-order valence-electron chi connectivity index (χ4n) is 0.738. The quantitative estimate of drug-likeness (QED) is 0.675. The lowest BCUT2D eigenvalue weighted by atomic mass is 10.2. The maximum Gasteiger partial charge on any atom is 0.142 e. The molecule has 0 atom stereocenters. The van der Waals surface area contributed by atoms with Crippen molar-refractivity contribution < 1.29 is 0 Å². The van der Waals surface area contributed by atoms with Crippen LogP contribution in [0.1, 0.15) is 5.56 Å². The number of hydrogen-bond donors (Lipinski definition) is 0. The molecule has 0 fully saturated rings. The maximum atomic E-state index is 3.39. The third-order valence-corrected chi connectivity index (χ3v) is 1.82. The molecule has 0 heterocycles. The van der Waals surface area contributed by atoms with Gasteiger partial charge in [-0.05, 0) is 5.56 Å². The second-order valence-electron chi connectivity index (χ2n) is 2.10. The average Bonchev–Trinajstić information content (AvgIpc) is 1.85. The monoisotopic (exact) mass is 339 g/mol. The Morgan fingerprint density at radius 2 is 1.55 bits per heavy atom. The van der Waals surface area contributed by atoms with E-state index in [2.05, 4.69) is 47.8 Å². The molecule has 0 saturated carbocycles. The lowest BCUT2D eigenvalue weighted by Crippen LogP contribution is -2.00. The van der Waals surface area contributed by atoms with Crippen molar-refractivity contribution in [3.8, 4) is 0 Å². The van der Waals surface area contributed by atoms with Crippen LogP contribution in [0.25, 0.3) is 0 Å². The summed E-state index contributed by atoms with van der Waals surface area (Å²) in [6.45, 7) is 0. The van der Waals surface area contributed by atoms with Crippen molar-refractivity contribution in [1.82, 2.24) is 0 Å². The molecule has 0 bridgehead atoms. The molecule has 0 aliphatic rings. The van der Waals surface area contributed by atoms with Crippen LogP contribution >= 0.6 is 47.8 Å². The molecule has 0 unspecified atom stereocenters. The summed E-state index contributed by atoms with van der Waals surface area (Å²) in [4.78, 5) is 0. The van der Waals surface area contributed by atoms with Crippen LogP contribution in [-0.2, 0) is 0 Å². The van der Waals surface area contributed by atoms with E-state index in [4.69, 9.17) is 0 Å². The van der Waals surface area contributed by atoms with E-state index in [1.165, 1.54) is 0 Å². The Hall–Kier alpha value is 0.660. The van der Waals surface area contributed by atoms with Crippen LogP contribution in [0, 0.1) is 6.42 Å². The first-order valence-corrected chi connectivity index (χ1v) is 5.43. The van der Waals surface area contributed by atoms with Crippen LogP contribution in [0.4, 0.5) is 0 Å². The number of halogens is 3. The first-order chi connectivity index (χ1) is 5.08. The van der Waals surface area contributed by atoms with Gasteiger partial charge in [-0.1, -0.05) is 78.1 Å². The van der Waals surface area contributed by atoms with Crippen LogP contribution in [0.15, 0.2) is 30.3 Å². The summed E-state index contributed by atoms with van der Waals surface area (Å²) in [6.07, 6.45) is 2.02. The van der Waals surface area contributed by atoms with E-state index < -0.39 is 0 Å². The predicted octanol–water partition coefficient (Wildman–Crippen LogP) is 4.08. The molecule has 59 valence electrons. The van der Waals surface area contributed by atoms with Gasteiger partial charge in [0.25, 0.3) is 0 Å². The average molecular weight is 342 g/mol. The molecule has 1 radical (unpaired) electrons. The highest BCUT2D eigenvalue weighted by Crippen LogP contribution is 2.38. The molecule has 1 rings (SSSR count). The zero-order valence-electron chi connectivity index (χ0n) is 5.60. The van der Waals surface area contributed by atoms with Crippen LogP contribution in [-0.4, -0.2) is 2.14 Å². The van der Waals surface area contributed by atoms with Crippen molar-refractivity contribution in [3.05, 3.63) is 42.3 Å². The van der Waals surface area contributed by atoms with Crippen molar-refractivity contribution in [2.75, 3.05) is 0 Å². The second-order valence-corrected chi connectivity index (χ2v) is 9.04. The van der Waals surface area contributed by atoms with E-state index in [0.717, 1.165) is 5.56 Å². The Labute approximate surface area is 91.8 Å². The minimum Gasteiger partial charge on any atom is -0.0622 e. The maximum absolute atomic E-state index is 3.39. The number of hydrogen-bond acceptors (Lipinski definition) is 0. The number of rotatable bonds is 1. The molecule has 3 heteroatoms. The molecule has 0 saturated heterocycles. The van der Waals surface area contributed by atoms with Gasteiger partial charge in [-0.15, -0.1) is 0 Å². The van der Waals surface area contributed by atoms with Gasteiger partial charge in [0.2, 0.25) is 0 Å². The minimum atomic E-state index is -0.283. The van der Waals surface area contributed by atoms with Gasteiger partial charge in [0.05, 0.1) is 0 Å². The zero-order chi connectivity index (χ0) is 8.32. The summed E-state index contributed by atoms with van der Waals surface area (Å²) >= 11 is 10.2. The summed E-state index contributed by atoms with van der Waals surface area (Å²) in [5, 5.41) is 0. The van der Waals surface area contributed by atoms with E-state index in [0.29, 0.717) is 0 Å². The van der Waals surface area contributed by atoms with Gasteiger partial charge in [-0.2, -0.15) is 0 Å². The van der Waals surface area contributed by atoms with E-state index in [1.807, 2.05) is 36.8 Å². The molecule has 1 aromatic rings. The summed E-state index contributed by atoms with van der Waals surface area (Å²) in [5.74, 6) is 0. The van der Waals surface area contributed by atoms with Crippen molar-refractivity contribution in [3.63, 3.8) is 0 Å². The molecule has 0 spiro atoms. The molecular weight excluding hydrogens is 336 g/mol. The van der Waals surface area contributed by atoms with E-state index in [1.54, 1.807) is 0 Å². The molecule has 0 amide bonds. The third-order valence-electron chi connectivity index (χ3n) is 1.13. The molecule has 11 heavy (non-hydrogen) atoms. The molecule has 1 aromatic carbocycles. The van der Waals surface area contributed by atoms with Crippen molar-refractivity contribution in [1.29, 1.82) is 0 Å². The van der Waals surface area contributed by atoms with Gasteiger partial charge in [0.1, 0.15) is 2.14 Å². The normalized spacial score (nSPS) is 11.5. The van der Waals surface area contributed by atoms with Crippen molar-refractivity contribution in [2.45, 2.75) is 2.14 Å².